The number of likely N-dealkylation sites (N-methyl/N-ethyl adjacent to an activating group) is 1. The van der Waals surface area contributed by atoms with Crippen molar-refractivity contribution in [3.8, 4) is 0 Å². The van der Waals surface area contributed by atoms with E-state index in [0.29, 0.717) is 0 Å². The van der Waals surface area contributed by atoms with E-state index in [1.54, 1.807) is 0 Å². The van der Waals surface area contributed by atoms with Gasteiger partial charge in [-0.1, -0.05) is 13.8 Å². The molecule has 1 aliphatic heterocycles. The van der Waals surface area contributed by atoms with Crippen LogP contribution in [-0.4, -0.2) is 37.0 Å². The Hall–Kier alpha value is -0.0800. The van der Waals surface area contributed by atoms with E-state index in [9.17, 15) is 0 Å². The third kappa shape index (κ3) is 1.64. The Morgan fingerprint density at radius 3 is 1.92 bits per heavy atom. The minimum Gasteiger partial charge on any atom is -0.316 e. The Balaban J connectivity index is 2.58. The number of nitrogens with zero attached hydrogens (tertiary/aromatic N) is 1. The molecule has 1 rings (SSSR count). The van der Waals surface area contributed by atoms with E-state index in [4.69, 9.17) is 4.74 Å². The fraction of sp³-hybridized carbons (Fsp3) is 1.00. The fourth-order valence-corrected chi connectivity index (χ4v) is 1.99. The second-order valence-corrected chi connectivity index (χ2v) is 4.31. The normalized spacial score (nSPS) is 29.0. The highest BCUT2D eigenvalue weighted by Crippen LogP contribution is 2.36. The van der Waals surface area contributed by atoms with Crippen LogP contribution in [0.15, 0.2) is 0 Å². The van der Waals surface area contributed by atoms with Gasteiger partial charge in [0.25, 0.3) is 0 Å². The van der Waals surface area contributed by atoms with Gasteiger partial charge in [-0.2, -0.15) is 0 Å². The van der Waals surface area contributed by atoms with Gasteiger partial charge < -0.3 is 4.74 Å². The lowest BCUT2D eigenvalue weighted by Crippen LogP contribution is -2.54. The molecule has 0 N–H and O–H groups in total. The van der Waals surface area contributed by atoms with Crippen molar-refractivity contribution in [3.63, 3.8) is 0 Å². The van der Waals surface area contributed by atoms with Crippen LogP contribution in [0.5, 0.6) is 0 Å². The molecular weight excluding hydrogens is 150 g/mol. The van der Waals surface area contributed by atoms with Gasteiger partial charge in [0.2, 0.25) is 5.72 Å². The molecule has 0 aromatic rings. The van der Waals surface area contributed by atoms with Crippen molar-refractivity contribution >= 4 is 0 Å². The van der Waals surface area contributed by atoms with Gasteiger partial charge in [-0.3, -0.25) is 4.48 Å². The quantitative estimate of drug-likeness (QED) is 0.456. The Morgan fingerprint density at radius 2 is 1.67 bits per heavy atom. The third-order valence-corrected chi connectivity index (χ3v) is 3.14. The first kappa shape index (κ1) is 10.0. The molecule has 1 saturated heterocycles. The minimum absolute atomic E-state index is 0.145. The molecule has 0 bridgehead atoms. The van der Waals surface area contributed by atoms with Crippen molar-refractivity contribution in [2.75, 3.05) is 26.7 Å². The monoisotopic (exact) mass is 172 g/mol. The summed E-state index contributed by atoms with van der Waals surface area (Å²) in [6.45, 7) is 10.2. The molecule has 0 aliphatic carbocycles. The van der Waals surface area contributed by atoms with Gasteiger partial charge in [0.05, 0.1) is 20.1 Å². The zero-order chi connectivity index (χ0) is 9.24. The molecule has 0 amide bonds. The molecule has 0 aromatic carbocycles. The van der Waals surface area contributed by atoms with Gasteiger partial charge in [0.15, 0.2) is 0 Å². The van der Waals surface area contributed by atoms with Crippen molar-refractivity contribution in [2.24, 2.45) is 0 Å². The summed E-state index contributed by atoms with van der Waals surface area (Å²) in [4.78, 5) is 0. The molecule has 0 aromatic heterocycles. The molecule has 1 atom stereocenters. The maximum atomic E-state index is 5.54. The zero-order valence-corrected chi connectivity index (χ0v) is 8.89. The molecule has 72 valence electrons. The highest BCUT2D eigenvalue weighted by atomic mass is 16.6. The Morgan fingerprint density at radius 1 is 1.25 bits per heavy atom. The lowest BCUT2D eigenvalue weighted by atomic mass is 10.2. The van der Waals surface area contributed by atoms with Crippen LogP contribution in [0.25, 0.3) is 0 Å². The van der Waals surface area contributed by atoms with Crippen LogP contribution < -0.4 is 0 Å². The number of hydrogen-bond acceptors (Lipinski definition) is 1. The first-order valence-electron chi connectivity index (χ1n) is 5.06. The van der Waals surface area contributed by atoms with Crippen LogP contribution in [-0.2, 0) is 4.74 Å². The van der Waals surface area contributed by atoms with E-state index in [1.807, 2.05) is 0 Å². The Bertz CT molecular complexity index is 146. The average Bonchev–Trinajstić information content (AvgIpc) is 2.70. The van der Waals surface area contributed by atoms with Crippen molar-refractivity contribution in [1.82, 2.24) is 0 Å². The van der Waals surface area contributed by atoms with Crippen LogP contribution in [0.1, 0.15) is 33.6 Å². The number of quaternary nitrogens is 1. The average molecular weight is 172 g/mol. The summed E-state index contributed by atoms with van der Waals surface area (Å²) in [6.07, 6.45) is 2.49. The largest absolute Gasteiger partial charge is 0.316 e. The predicted molar refractivity (Wildman–Crippen MR) is 50.9 cm³/mol. The Kier molecular flexibility index (Phi) is 2.79. The van der Waals surface area contributed by atoms with Crippen LogP contribution in [0.2, 0.25) is 0 Å². The van der Waals surface area contributed by atoms with E-state index < -0.39 is 0 Å². The summed E-state index contributed by atoms with van der Waals surface area (Å²) >= 11 is 0. The second-order valence-electron chi connectivity index (χ2n) is 4.31. The van der Waals surface area contributed by atoms with Gasteiger partial charge in [-0.15, -0.1) is 0 Å². The summed E-state index contributed by atoms with van der Waals surface area (Å²) < 4.78 is 6.64. The maximum Gasteiger partial charge on any atom is 0.224 e. The van der Waals surface area contributed by atoms with Gasteiger partial charge in [0.1, 0.15) is 6.61 Å². The minimum atomic E-state index is 0.145. The standard InChI is InChI=1S/C10H22NO/c1-5-7-11(4,8-6-2)10(3)9-12-10/h5-9H2,1-4H3/q+1. The van der Waals surface area contributed by atoms with Crippen molar-refractivity contribution in [2.45, 2.75) is 39.3 Å². The number of hydrogen-bond donors (Lipinski definition) is 0. The molecule has 1 heterocycles. The smallest absolute Gasteiger partial charge is 0.224 e. The highest BCUT2D eigenvalue weighted by molar-refractivity contribution is 4.76. The molecule has 0 saturated carbocycles. The van der Waals surface area contributed by atoms with Crippen LogP contribution in [0, 0.1) is 0 Å². The molecule has 0 spiro atoms. The maximum absolute atomic E-state index is 5.54. The van der Waals surface area contributed by atoms with Crippen LogP contribution >= 0.6 is 0 Å². The van der Waals surface area contributed by atoms with E-state index in [-0.39, 0.29) is 5.72 Å². The van der Waals surface area contributed by atoms with Gasteiger partial charge in [-0.05, 0) is 12.8 Å². The van der Waals surface area contributed by atoms with E-state index in [2.05, 4.69) is 27.8 Å². The highest BCUT2D eigenvalue weighted by Gasteiger charge is 2.55. The summed E-state index contributed by atoms with van der Waals surface area (Å²) in [5, 5.41) is 0. The molecule has 2 nitrogen and oxygen atoms in total. The molecule has 2 heteroatoms. The molecule has 1 fully saturated rings. The predicted octanol–water partition coefficient (Wildman–Crippen LogP) is 2.00. The van der Waals surface area contributed by atoms with Crippen LogP contribution in [0.4, 0.5) is 0 Å². The topological polar surface area (TPSA) is 12.5 Å². The van der Waals surface area contributed by atoms with Gasteiger partial charge in [0, 0.05) is 6.92 Å². The molecule has 0 radical (unpaired) electrons. The lowest BCUT2D eigenvalue weighted by molar-refractivity contribution is -0.952. The molecule has 1 unspecified atom stereocenters. The number of epoxide rings is 1. The molecule has 12 heavy (non-hydrogen) atoms. The summed E-state index contributed by atoms with van der Waals surface area (Å²) in [6, 6.07) is 0. The SMILES string of the molecule is CCC[N+](C)(CCC)C1(C)CO1. The summed E-state index contributed by atoms with van der Waals surface area (Å²) in [7, 11) is 2.32. The number of ether oxygens (including phenoxy) is 1. The summed E-state index contributed by atoms with van der Waals surface area (Å²) in [5.74, 6) is 0. The zero-order valence-electron chi connectivity index (χ0n) is 8.89. The van der Waals surface area contributed by atoms with Gasteiger partial charge in [-0.25, -0.2) is 0 Å². The summed E-state index contributed by atoms with van der Waals surface area (Å²) in [5.41, 5.74) is 0.145. The van der Waals surface area contributed by atoms with Crippen molar-refractivity contribution < 1.29 is 9.22 Å². The van der Waals surface area contributed by atoms with E-state index >= 15 is 0 Å². The fourth-order valence-electron chi connectivity index (χ4n) is 1.99. The Labute approximate surface area is 76.1 Å². The van der Waals surface area contributed by atoms with Crippen molar-refractivity contribution in [3.05, 3.63) is 0 Å². The first-order valence-corrected chi connectivity index (χ1v) is 5.06. The third-order valence-electron chi connectivity index (χ3n) is 3.14. The van der Waals surface area contributed by atoms with Crippen LogP contribution in [0.3, 0.4) is 0 Å². The van der Waals surface area contributed by atoms with Crippen molar-refractivity contribution in [1.29, 1.82) is 0 Å². The molecule has 1 aliphatic rings. The van der Waals surface area contributed by atoms with E-state index in [1.165, 1.54) is 25.9 Å². The van der Waals surface area contributed by atoms with Gasteiger partial charge >= 0.3 is 0 Å². The number of rotatable bonds is 5. The van der Waals surface area contributed by atoms with E-state index in [0.717, 1.165) is 11.1 Å². The molecular formula is C10H22NO+. The lowest BCUT2D eigenvalue weighted by Gasteiger charge is -2.37. The first-order chi connectivity index (χ1) is 5.58. The second kappa shape index (κ2) is 3.35.